The van der Waals surface area contributed by atoms with Gasteiger partial charge >= 0.3 is 0 Å². The average molecular weight is 402 g/mol. The van der Waals surface area contributed by atoms with E-state index in [1.54, 1.807) is 19.1 Å². The van der Waals surface area contributed by atoms with Crippen LogP contribution in [0.5, 0.6) is 5.75 Å². The SMILES string of the molecule is CCNc1cc(O)c(C(N)=O)cc1S(=O)(=O)Nc1ccc2c(CC)c[nH]c2c1. The highest BCUT2D eigenvalue weighted by atomic mass is 32.2. The number of nitrogens with one attached hydrogen (secondary N) is 3. The van der Waals surface area contributed by atoms with Crippen LogP contribution in [0.15, 0.2) is 41.4 Å². The number of aromatic nitrogens is 1. The number of phenols is 1. The summed E-state index contributed by atoms with van der Waals surface area (Å²) in [6.07, 6.45) is 2.76. The number of hydrogen-bond donors (Lipinski definition) is 5. The van der Waals surface area contributed by atoms with Crippen LogP contribution in [0, 0.1) is 0 Å². The number of amides is 1. The number of nitrogens with two attached hydrogens (primary N) is 1. The maximum Gasteiger partial charge on any atom is 0.263 e. The predicted octanol–water partition coefficient (Wildman–Crippen LogP) is 2.77. The van der Waals surface area contributed by atoms with Crippen LogP contribution in [0.1, 0.15) is 29.8 Å². The van der Waals surface area contributed by atoms with Crippen molar-refractivity contribution < 1.29 is 18.3 Å². The number of aromatic amines is 1. The van der Waals surface area contributed by atoms with E-state index in [0.29, 0.717) is 12.2 Å². The van der Waals surface area contributed by atoms with Gasteiger partial charge in [0, 0.05) is 29.7 Å². The highest BCUT2D eigenvalue weighted by Crippen LogP contribution is 2.31. The van der Waals surface area contributed by atoms with Crippen molar-refractivity contribution >= 4 is 38.2 Å². The van der Waals surface area contributed by atoms with E-state index in [0.717, 1.165) is 29.0 Å². The lowest BCUT2D eigenvalue weighted by Gasteiger charge is -2.15. The average Bonchev–Trinajstić information content (AvgIpc) is 3.03. The molecule has 2 aromatic carbocycles. The number of benzene rings is 2. The van der Waals surface area contributed by atoms with Gasteiger partial charge in [0.1, 0.15) is 10.6 Å². The lowest BCUT2D eigenvalue weighted by atomic mass is 10.1. The lowest BCUT2D eigenvalue weighted by molar-refractivity contribution is 0.0997. The first-order valence-electron chi connectivity index (χ1n) is 8.80. The topological polar surface area (TPSA) is 137 Å². The van der Waals surface area contributed by atoms with Gasteiger partial charge in [-0.05, 0) is 37.1 Å². The highest BCUT2D eigenvalue weighted by molar-refractivity contribution is 7.92. The van der Waals surface area contributed by atoms with Crippen LogP contribution in [0.3, 0.4) is 0 Å². The molecule has 1 heterocycles. The summed E-state index contributed by atoms with van der Waals surface area (Å²) in [5.74, 6) is -1.31. The van der Waals surface area contributed by atoms with Gasteiger partial charge < -0.3 is 21.1 Å². The lowest BCUT2D eigenvalue weighted by Crippen LogP contribution is -2.18. The first-order valence-corrected chi connectivity index (χ1v) is 10.3. The van der Waals surface area contributed by atoms with E-state index in [1.165, 1.54) is 6.07 Å². The van der Waals surface area contributed by atoms with E-state index in [4.69, 9.17) is 5.73 Å². The minimum Gasteiger partial charge on any atom is -0.507 e. The molecule has 1 amide bonds. The number of primary amides is 1. The van der Waals surface area contributed by atoms with E-state index in [9.17, 15) is 18.3 Å². The second kappa shape index (κ2) is 7.43. The first kappa shape index (κ1) is 19.6. The highest BCUT2D eigenvalue weighted by Gasteiger charge is 2.23. The fourth-order valence-electron chi connectivity index (χ4n) is 3.07. The number of H-pyrrole nitrogens is 1. The molecular weight excluding hydrogens is 380 g/mol. The molecule has 0 atom stereocenters. The van der Waals surface area contributed by atoms with Gasteiger partial charge in [-0.3, -0.25) is 9.52 Å². The van der Waals surface area contributed by atoms with Crippen LogP contribution in [0.2, 0.25) is 0 Å². The van der Waals surface area contributed by atoms with E-state index in [2.05, 4.69) is 15.0 Å². The number of carbonyl (C=O) groups excluding carboxylic acids is 1. The molecule has 28 heavy (non-hydrogen) atoms. The summed E-state index contributed by atoms with van der Waals surface area (Å²) >= 11 is 0. The van der Waals surface area contributed by atoms with Crippen molar-refractivity contribution in [3.63, 3.8) is 0 Å². The summed E-state index contributed by atoms with van der Waals surface area (Å²) in [6, 6.07) is 7.48. The molecule has 0 aliphatic rings. The van der Waals surface area contributed by atoms with E-state index in [-0.39, 0.29) is 21.9 Å². The van der Waals surface area contributed by atoms with Gasteiger partial charge in [-0.25, -0.2) is 8.42 Å². The Morgan fingerprint density at radius 2 is 1.96 bits per heavy atom. The third-order valence-electron chi connectivity index (χ3n) is 4.42. The van der Waals surface area contributed by atoms with Crippen molar-refractivity contribution in [1.82, 2.24) is 4.98 Å². The largest absolute Gasteiger partial charge is 0.507 e. The molecule has 0 fully saturated rings. The third-order valence-corrected chi connectivity index (χ3v) is 5.84. The molecule has 0 aliphatic carbocycles. The van der Waals surface area contributed by atoms with Gasteiger partial charge in [-0.15, -0.1) is 0 Å². The number of rotatable bonds is 7. The number of aromatic hydroxyl groups is 1. The number of anilines is 2. The molecule has 148 valence electrons. The van der Waals surface area contributed by atoms with Crippen LogP contribution in [0.25, 0.3) is 10.9 Å². The van der Waals surface area contributed by atoms with Crippen LogP contribution >= 0.6 is 0 Å². The van der Waals surface area contributed by atoms with E-state index < -0.39 is 15.9 Å². The number of fused-ring (bicyclic) bond motifs is 1. The minimum atomic E-state index is -4.05. The Hall–Kier alpha value is -3.20. The van der Waals surface area contributed by atoms with Crippen molar-refractivity contribution in [2.45, 2.75) is 25.2 Å². The fraction of sp³-hybridized carbons (Fsp3) is 0.211. The van der Waals surface area contributed by atoms with Crippen molar-refractivity contribution in [3.8, 4) is 5.75 Å². The third kappa shape index (κ3) is 3.61. The molecule has 3 rings (SSSR count). The number of sulfonamides is 1. The standard InChI is InChI=1S/C19H22N4O4S/c1-3-11-10-22-15-7-12(5-6-13(11)15)23-28(26,27)18-8-14(19(20)25)17(24)9-16(18)21-4-2/h5-10,21-24H,3-4H2,1-2H3,(H2,20,25). The normalized spacial score (nSPS) is 11.5. The van der Waals surface area contributed by atoms with Crippen LogP contribution in [-0.4, -0.2) is 31.0 Å². The Morgan fingerprint density at radius 3 is 2.61 bits per heavy atom. The van der Waals surface area contributed by atoms with Gasteiger partial charge in [0.15, 0.2) is 0 Å². The molecule has 0 bridgehead atoms. The zero-order chi connectivity index (χ0) is 20.5. The number of hydrogen-bond acceptors (Lipinski definition) is 5. The monoisotopic (exact) mass is 402 g/mol. The molecule has 3 aromatic rings. The summed E-state index contributed by atoms with van der Waals surface area (Å²) in [7, 11) is -4.05. The van der Waals surface area contributed by atoms with Gasteiger partial charge in [0.2, 0.25) is 0 Å². The molecule has 0 spiro atoms. The molecule has 0 unspecified atom stereocenters. The Morgan fingerprint density at radius 1 is 1.21 bits per heavy atom. The number of aryl methyl sites for hydroxylation is 1. The Kier molecular flexibility index (Phi) is 5.19. The molecule has 0 aliphatic heterocycles. The summed E-state index contributed by atoms with van der Waals surface area (Å²) in [4.78, 5) is 14.5. The summed E-state index contributed by atoms with van der Waals surface area (Å²) in [6.45, 7) is 4.25. The smallest absolute Gasteiger partial charge is 0.263 e. The minimum absolute atomic E-state index is 0.173. The second-order valence-electron chi connectivity index (χ2n) is 6.29. The predicted molar refractivity (Wildman–Crippen MR) is 109 cm³/mol. The van der Waals surface area contributed by atoms with Crippen molar-refractivity contribution in [2.75, 3.05) is 16.6 Å². The molecule has 8 nitrogen and oxygen atoms in total. The molecule has 0 saturated heterocycles. The van der Waals surface area contributed by atoms with Crippen molar-refractivity contribution in [2.24, 2.45) is 5.73 Å². The molecule has 0 saturated carbocycles. The quantitative estimate of drug-likeness (QED) is 0.414. The first-order chi connectivity index (χ1) is 13.3. The summed E-state index contributed by atoms with van der Waals surface area (Å²) < 4.78 is 28.5. The molecule has 0 radical (unpaired) electrons. The molecule has 1 aromatic heterocycles. The Labute approximate surface area is 162 Å². The fourth-order valence-corrected chi connectivity index (χ4v) is 4.31. The van der Waals surface area contributed by atoms with Crippen LogP contribution in [0.4, 0.5) is 11.4 Å². The molecule has 9 heteroatoms. The Bertz CT molecular complexity index is 1150. The van der Waals surface area contributed by atoms with Gasteiger partial charge in [0.25, 0.3) is 15.9 Å². The summed E-state index contributed by atoms with van der Waals surface area (Å²) in [5, 5.41) is 13.9. The maximum atomic E-state index is 13.0. The number of carbonyl (C=O) groups is 1. The van der Waals surface area contributed by atoms with Gasteiger partial charge in [-0.2, -0.15) is 0 Å². The van der Waals surface area contributed by atoms with Gasteiger partial charge in [0.05, 0.1) is 16.9 Å². The van der Waals surface area contributed by atoms with Gasteiger partial charge in [-0.1, -0.05) is 13.0 Å². The van der Waals surface area contributed by atoms with Crippen molar-refractivity contribution in [1.29, 1.82) is 0 Å². The Balaban J connectivity index is 2.04. The van der Waals surface area contributed by atoms with E-state index in [1.807, 2.05) is 19.2 Å². The van der Waals surface area contributed by atoms with E-state index >= 15 is 0 Å². The van der Waals surface area contributed by atoms with Crippen LogP contribution < -0.4 is 15.8 Å². The zero-order valence-corrected chi connectivity index (χ0v) is 16.4. The van der Waals surface area contributed by atoms with Crippen LogP contribution in [-0.2, 0) is 16.4 Å². The molecular formula is C19H22N4O4S. The van der Waals surface area contributed by atoms with Crippen molar-refractivity contribution in [3.05, 3.63) is 47.7 Å². The maximum absolute atomic E-state index is 13.0. The second-order valence-corrected chi connectivity index (χ2v) is 7.94. The molecule has 6 N–H and O–H groups in total. The zero-order valence-electron chi connectivity index (χ0n) is 15.5. The summed E-state index contributed by atoms with van der Waals surface area (Å²) in [5.41, 5.74) is 7.47.